The Bertz CT molecular complexity index is 741. The number of para-hydroxylation sites is 1. The summed E-state index contributed by atoms with van der Waals surface area (Å²) in [7, 11) is 0. The second kappa shape index (κ2) is 5.07. The van der Waals surface area contributed by atoms with Gasteiger partial charge in [-0.05, 0) is 12.1 Å². The monoisotopic (exact) mass is 251 g/mol. The lowest BCUT2D eigenvalue weighted by atomic mass is 10.1. The van der Waals surface area contributed by atoms with Crippen LogP contribution in [0.2, 0.25) is 0 Å². The molecule has 0 radical (unpaired) electrons. The summed E-state index contributed by atoms with van der Waals surface area (Å²) < 4.78 is 1.58. The van der Waals surface area contributed by atoms with E-state index in [0.29, 0.717) is 5.56 Å². The Morgan fingerprint density at radius 2 is 2.00 bits per heavy atom. The van der Waals surface area contributed by atoms with Gasteiger partial charge in [0.15, 0.2) is 0 Å². The van der Waals surface area contributed by atoms with Crippen LogP contribution in [0.1, 0.15) is 5.56 Å². The summed E-state index contributed by atoms with van der Waals surface area (Å²) in [6, 6.07) is 10.8. The third-order valence-corrected chi connectivity index (χ3v) is 2.67. The number of rotatable bonds is 3. The summed E-state index contributed by atoms with van der Waals surface area (Å²) in [6.45, 7) is -0.164. The average Bonchev–Trinajstić information content (AvgIpc) is 2.74. The second-order valence-electron chi connectivity index (χ2n) is 3.90. The van der Waals surface area contributed by atoms with Gasteiger partial charge in [0.1, 0.15) is 24.3 Å². The van der Waals surface area contributed by atoms with Crippen molar-refractivity contribution in [2.45, 2.75) is 6.54 Å². The summed E-state index contributed by atoms with van der Waals surface area (Å²) in [5, 5.41) is 27.2. The minimum absolute atomic E-state index is 0.0155. The molecule has 0 saturated heterocycles. The lowest BCUT2D eigenvalue weighted by Gasteiger charge is -1.99. The van der Waals surface area contributed by atoms with E-state index in [0.717, 1.165) is 10.9 Å². The van der Waals surface area contributed by atoms with Crippen LogP contribution in [0, 0.1) is 22.7 Å². The molecule has 1 heterocycles. The fourth-order valence-corrected chi connectivity index (χ4v) is 1.91. The number of fused-ring (bicyclic) bond motifs is 1. The summed E-state index contributed by atoms with van der Waals surface area (Å²) in [5.74, 6) is -0.947. The van der Waals surface area contributed by atoms with Gasteiger partial charge in [-0.3, -0.25) is 4.79 Å². The molecule has 0 spiro atoms. The Balaban J connectivity index is 2.64. The zero-order valence-electron chi connectivity index (χ0n) is 9.87. The van der Waals surface area contributed by atoms with Crippen molar-refractivity contribution in [1.82, 2.24) is 4.57 Å². The van der Waals surface area contributed by atoms with Crippen LogP contribution < -0.4 is 0 Å². The smallest absolute Gasteiger partial charge is 0.323 e. The molecule has 0 amide bonds. The van der Waals surface area contributed by atoms with Crippen molar-refractivity contribution >= 4 is 22.9 Å². The van der Waals surface area contributed by atoms with E-state index in [2.05, 4.69) is 0 Å². The minimum Gasteiger partial charge on any atom is -0.480 e. The molecule has 0 unspecified atom stereocenters. The fourth-order valence-electron chi connectivity index (χ4n) is 1.91. The zero-order chi connectivity index (χ0) is 13.8. The molecular weight excluding hydrogens is 242 g/mol. The van der Waals surface area contributed by atoms with Crippen molar-refractivity contribution in [3.63, 3.8) is 0 Å². The molecule has 0 saturated carbocycles. The van der Waals surface area contributed by atoms with Crippen molar-refractivity contribution < 1.29 is 9.90 Å². The molecule has 0 atom stereocenters. The number of hydrogen-bond donors (Lipinski definition) is 1. The molecular formula is C14H9N3O2. The Labute approximate surface area is 109 Å². The van der Waals surface area contributed by atoms with Gasteiger partial charge >= 0.3 is 5.97 Å². The molecule has 5 heteroatoms. The van der Waals surface area contributed by atoms with Crippen LogP contribution in [0.3, 0.4) is 0 Å². The average molecular weight is 251 g/mol. The minimum atomic E-state index is -0.947. The standard InChI is InChI=1S/C14H9N3O2/c15-6-10(7-16)5-11-8-17(9-14(18)19)13-4-2-1-3-12(11)13/h1-5,8H,9H2,(H,18,19). The van der Waals surface area contributed by atoms with Gasteiger partial charge in [-0.15, -0.1) is 0 Å². The largest absolute Gasteiger partial charge is 0.480 e. The van der Waals surface area contributed by atoms with Crippen molar-refractivity contribution in [1.29, 1.82) is 10.5 Å². The first-order valence-corrected chi connectivity index (χ1v) is 5.47. The highest BCUT2D eigenvalue weighted by atomic mass is 16.4. The number of nitrogens with zero attached hydrogens (tertiary/aromatic N) is 3. The van der Waals surface area contributed by atoms with Crippen molar-refractivity contribution in [3.05, 3.63) is 41.6 Å². The van der Waals surface area contributed by atoms with Gasteiger partial charge in [0.05, 0.1) is 0 Å². The van der Waals surface area contributed by atoms with Gasteiger partial charge in [0.25, 0.3) is 0 Å². The molecule has 5 nitrogen and oxygen atoms in total. The number of carbonyl (C=O) groups is 1. The van der Waals surface area contributed by atoms with Crippen LogP contribution in [0.5, 0.6) is 0 Å². The predicted octanol–water partition coefficient (Wildman–Crippen LogP) is 2.16. The number of carboxylic acids is 1. The van der Waals surface area contributed by atoms with E-state index < -0.39 is 5.97 Å². The normalized spacial score (nSPS) is 9.58. The molecule has 92 valence electrons. The molecule has 1 N–H and O–H groups in total. The van der Waals surface area contributed by atoms with Crippen LogP contribution in [0.15, 0.2) is 36.0 Å². The molecule has 0 aliphatic heterocycles. The van der Waals surface area contributed by atoms with E-state index in [1.54, 1.807) is 29.0 Å². The first kappa shape index (κ1) is 12.4. The quantitative estimate of drug-likeness (QED) is 0.846. The highest BCUT2D eigenvalue weighted by molar-refractivity contribution is 5.91. The lowest BCUT2D eigenvalue weighted by Crippen LogP contribution is -2.07. The van der Waals surface area contributed by atoms with Crippen LogP contribution >= 0.6 is 0 Å². The van der Waals surface area contributed by atoms with Crippen molar-refractivity contribution in [3.8, 4) is 12.1 Å². The molecule has 19 heavy (non-hydrogen) atoms. The van der Waals surface area contributed by atoms with E-state index in [1.165, 1.54) is 6.08 Å². The Morgan fingerprint density at radius 3 is 2.63 bits per heavy atom. The highest BCUT2D eigenvalue weighted by Crippen LogP contribution is 2.23. The van der Waals surface area contributed by atoms with Crippen molar-refractivity contribution in [2.24, 2.45) is 0 Å². The molecule has 2 aromatic rings. The molecule has 0 bridgehead atoms. The molecule has 0 fully saturated rings. The lowest BCUT2D eigenvalue weighted by molar-refractivity contribution is -0.137. The second-order valence-corrected chi connectivity index (χ2v) is 3.90. The summed E-state index contributed by atoms with van der Waals surface area (Å²) in [4.78, 5) is 10.8. The van der Waals surface area contributed by atoms with E-state index in [9.17, 15) is 4.79 Å². The summed E-state index contributed by atoms with van der Waals surface area (Å²) in [6.07, 6.45) is 3.09. The maximum absolute atomic E-state index is 10.8. The number of aliphatic carboxylic acids is 1. The molecule has 2 rings (SSSR count). The summed E-state index contributed by atoms with van der Waals surface area (Å²) >= 11 is 0. The maximum atomic E-state index is 10.8. The first-order chi connectivity index (χ1) is 9.15. The Hall–Kier alpha value is -3.05. The number of nitriles is 2. The van der Waals surface area contributed by atoms with E-state index in [1.807, 2.05) is 18.2 Å². The first-order valence-electron chi connectivity index (χ1n) is 5.47. The SMILES string of the molecule is N#CC(C#N)=Cc1cn(CC(=O)O)c2ccccc12. The van der Waals surface area contributed by atoms with Gasteiger partial charge in [-0.2, -0.15) is 10.5 Å². The van der Waals surface area contributed by atoms with Gasteiger partial charge in [0.2, 0.25) is 0 Å². The van der Waals surface area contributed by atoms with E-state index in [4.69, 9.17) is 15.6 Å². The predicted molar refractivity (Wildman–Crippen MR) is 68.8 cm³/mol. The van der Waals surface area contributed by atoms with Crippen LogP contribution in [0.25, 0.3) is 17.0 Å². The van der Waals surface area contributed by atoms with Gasteiger partial charge in [-0.25, -0.2) is 0 Å². The highest BCUT2D eigenvalue weighted by Gasteiger charge is 2.09. The third kappa shape index (κ3) is 2.46. The molecule has 1 aromatic carbocycles. The zero-order valence-corrected chi connectivity index (χ0v) is 9.87. The Kier molecular flexibility index (Phi) is 3.31. The fraction of sp³-hybridized carbons (Fsp3) is 0.0714. The Morgan fingerprint density at radius 1 is 1.32 bits per heavy atom. The number of hydrogen-bond acceptors (Lipinski definition) is 3. The van der Waals surface area contributed by atoms with Gasteiger partial charge in [0, 0.05) is 22.7 Å². The van der Waals surface area contributed by atoms with Gasteiger partial charge < -0.3 is 9.67 Å². The number of carboxylic acid groups (broad SMARTS) is 1. The van der Waals surface area contributed by atoms with Crippen molar-refractivity contribution in [2.75, 3.05) is 0 Å². The van der Waals surface area contributed by atoms with Crippen LogP contribution in [0.4, 0.5) is 0 Å². The number of allylic oxidation sites excluding steroid dienone is 1. The maximum Gasteiger partial charge on any atom is 0.323 e. The van der Waals surface area contributed by atoms with Gasteiger partial charge in [-0.1, -0.05) is 18.2 Å². The number of benzene rings is 1. The van der Waals surface area contributed by atoms with Crippen LogP contribution in [-0.2, 0) is 11.3 Å². The summed E-state index contributed by atoms with van der Waals surface area (Å²) in [5.41, 5.74) is 1.40. The molecule has 0 aliphatic carbocycles. The third-order valence-electron chi connectivity index (χ3n) is 2.67. The van der Waals surface area contributed by atoms with Crippen LogP contribution in [-0.4, -0.2) is 15.6 Å². The van der Waals surface area contributed by atoms with E-state index >= 15 is 0 Å². The molecule has 1 aromatic heterocycles. The molecule has 0 aliphatic rings. The number of aromatic nitrogens is 1. The van der Waals surface area contributed by atoms with E-state index in [-0.39, 0.29) is 12.1 Å². The topological polar surface area (TPSA) is 89.8 Å².